The van der Waals surface area contributed by atoms with Crippen molar-refractivity contribution >= 4 is 11.9 Å². The summed E-state index contributed by atoms with van der Waals surface area (Å²) >= 11 is 0. The molecule has 0 unspecified atom stereocenters. The molecule has 1 atom stereocenters. The van der Waals surface area contributed by atoms with Crippen LogP contribution in [0.2, 0.25) is 0 Å². The Kier molecular flexibility index (Phi) is 7.05. The van der Waals surface area contributed by atoms with Crippen LogP contribution in [-0.2, 0) is 20.7 Å². The minimum absolute atomic E-state index is 0.0498. The highest BCUT2D eigenvalue weighted by atomic mass is 16.5. The van der Waals surface area contributed by atoms with E-state index in [0.717, 1.165) is 22.3 Å². The number of fused-ring (bicyclic) bond motifs is 1. The number of rotatable bonds is 7. The molecule has 1 aliphatic heterocycles. The summed E-state index contributed by atoms with van der Waals surface area (Å²) in [6, 6.07) is 9.16. The summed E-state index contributed by atoms with van der Waals surface area (Å²) in [7, 11) is 4.49. The van der Waals surface area contributed by atoms with E-state index in [1.807, 2.05) is 44.2 Å². The largest absolute Gasteiger partial charge is 0.493 e. The first-order valence-electron chi connectivity index (χ1n) is 10.2. The second-order valence-electron chi connectivity index (χ2n) is 7.60. The summed E-state index contributed by atoms with van der Waals surface area (Å²) in [5.41, 5.74) is 3.90. The Morgan fingerprint density at radius 2 is 1.71 bits per heavy atom. The van der Waals surface area contributed by atoms with Gasteiger partial charge >= 0.3 is 5.97 Å². The lowest BCUT2D eigenvalue weighted by molar-refractivity contribution is -0.144. The van der Waals surface area contributed by atoms with Crippen LogP contribution in [0.15, 0.2) is 30.3 Å². The maximum atomic E-state index is 13.1. The van der Waals surface area contributed by atoms with E-state index in [-0.39, 0.29) is 24.9 Å². The molecule has 0 N–H and O–H groups in total. The molecule has 0 bridgehead atoms. The van der Waals surface area contributed by atoms with Gasteiger partial charge in [-0.1, -0.05) is 12.1 Å². The predicted molar refractivity (Wildman–Crippen MR) is 116 cm³/mol. The fourth-order valence-corrected chi connectivity index (χ4v) is 3.87. The van der Waals surface area contributed by atoms with E-state index in [2.05, 4.69) is 0 Å². The monoisotopic (exact) mass is 427 g/mol. The summed E-state index contributed by atoms with van der Waals surface area (Å²) in [4.78, 5) is 27.0. The Labute approximate surface area is 182 Å². The molecule has 0 aromatic heterocycles. The van der Waals surface area contributed by atoms with Crippen molar-refractivity contribution in [2.75, 3.05) is 34.5 Å². The standard InChI is InChI=1S/C24H29NO6/c1-15-6-7-16(2)20(10-15)31-14-23(26)25-9-8-17-11-21(28-3)22(29-4)12-18(17)19(25)13-24(27)30-5/h6-7,10-12,19H,8-9,13-14H2,1-5H3/t19-/m1/s1. The molecule has 0 spiro atoms. The zero-order valence-electron chi connectivity index (χ0n) is 18.7. The highest BCUT2D eigenvalue weighted by Gasteiger charge is 2.34. The van der Waals surface area contributed by atoms with Crippen molar-refractivity contribution in [3.63, 3.8) is 0 Å². The molecule has 2 aromatic rings. The fraction of sp³-hybridized carbons (Fsp3) is 0.417. The number of benzene rings is 2. The van der Waals surface area contributed by atoms with Crippen molar-refractivity contribution in [3.8, 4) is 17.2 Å². The lowest BCUT2D eigenvalue weighted by Gasteiger charge is -2.37. The highest BCUT2D eigenvalue weighted by Crippen LogP contribution is 2.39. The quantitative estimate of drug-likeness (QED) is 0.631. The Morgan fingerprint density at radius 3 is 2.39 bits per heavy atom. The van der Waals surface area contributed by atoms with Crippen molar-refractivity contribution in [2.45, 2.75) is 32.7 Å². The zero-order valence-corrected chi connectivity index (χ0v) is 18.7. The molecule has 0 aliphatic carbocycles. The highest BCUT2D eigenvalue weighted by molar-refractivity contribution is 5.80. The van der Waals surface area contributed by atoms with Crippen LogP contribution in [-0.4, -0.2) is 51.3 Å². The first kappa shape index (κ1) is 22.5. The third-order valence-electron chi connectivity index (χ3n) is 5.61. The Balaban J connectivity index is 1.87. The maximum absolute atomic E-state index is 13.1. The molecule has 1 amide bonds. The van der Waals surface area contributed by atoms with E-state index in [0.29, 0.717) is 30.2 Å². The first-order chi connectivity index (χ1) is 14.9. The van der Waals surface area contributed by atoms with Crippen LogP contribution in [0.3, 0.4) is 0 Å². The molecule has 1 heterocycles. The molecule has 7 nitrogen and oxygen atoms in total. The van der Waals surface area contributed by atoms with Crippen LogP contribution in [0.1, 0.15) is 34.7 Å². The van der Waals surface area contributed by atoms with Crippen molar-refractivity contribution in [1.29, 1.82) is 0 Å². The Bertz CT molecular complexity index is 971. The van der Waals surface area contributed by atoms with Gasteiger partial charge in [0, 0.05) is 6.54 Å². The smallest absolute Gasteiger partial charge is 0.307 e. The number of nitrogens with zero attached hydrogens (tertiary/aromatic N) is 1. The number of hydrogen-bond acceptors (Lipinski definition) is 6. The van der Waals surface area contributed by atoms with Crippen LogP contribution in [0.25, 0.3) is 0 Å². The Morgan fingerprint density at radius 1 is 1.00 bits per heavy atom. The van der Waals surface area contributed by atoms with E-state index in [9.17, 15) is 9.59 Å². The number of ether oxygens (including phenoxy) is 4. The van der Waals surface area contributed by atoms with E-state index < -0.39 is 6.04 Å². The molecule has 3 rings (SSSR count). The van der Waals surface area contributed by atoms with Gasteiger partial charge in [0.1, 0.15) is 5.75 Å². The van der Waals surface area contributed by atoms with Crippen LogP contribution in [0.4, 0.5) is 0 Å². The van der Waals surface area contributed by atoms with Gasteiger partial charge in [0.25, 0.3) is 5.91 Å². The molecule has 31 heavy (non-hydrogen) atoms. The van der Waals surface area contributed by atoms with E-state index in [4.69, 9.17) is 18.9 Å². The molecule has 7 heteroatoms. The second-order valence-corrected chi connectivity index (χ2v) is 7.60. The lowest BCUT2D eigenvalue weighted by atomic mass is 9.90. The van der Waals surface area contributed by atoms with Gasteiger partial charge in [-0.25, -0.2) is 0 Å². The molecule has 1 aliphatic rings. The van der Waals surface area contributed by atoms with Gasteiger partial charge in [-0.2, -0.15) is 0 Å². The average molecular weight is 427 g/mol. The van der Waals surface area contributed by atoms with Crippen molar-refractivity contribution in [2.24, 2.45) is 0 Å². The number of aryl methyl sites for hydroxylation is 2. The molecule has 0 fully saturated rings. The molecular formula is C24H29NO6. The van der Waals surface area contributed by atoms with E-state index >= 15 is 0 Å². The number of methoxy groups -OCH3 is 3. The SMILES string of the molecule is COC(=O)C[C@@H]1c2cc(OC)c(OC)cc2CCN1C(=O)COc1cc(C)ccc1C. The van der Waals surface area contributed by atoms with E-state index in [1.54, 1.807) is 19.1 Å². The molecule has 2 aromatic carbocycles. The summed E-state index contributed by atoms with van der Waals surface area (Å²) in [5.74, 6) is 1.28. The van der Waals surface area contributed by atoms with Crippen LogP contribution in [0, 0.1) is 13.8 Å². The summed E-state index contributed by atoms with van der Waals surface area (Å²) < 4.78 is 21.6. The van der Waals surface area contributed by atoms with Crippen LogP contribution in [0.5, 0.6) is 17.2 Å². The zero-order chi connectivity index (χ0) is 22.5. The third-order valence-corrected chi connectivity index (χ3v) is 5.61. The summed E-state index contributed by atoms with van der Waals surface area (Å²) in [6.45, 7) is 4.28. The molecule has 166 valence electrons. The molecule has 0 saturated heterocycles. The van der Waals surface area contributed by atoms with Gasteiger partial charge in [0.2, 0.25) is 0 Å². The van der Waals surface area contributed by atoms with Gasteiger partial charge in [0.15, 0.2) is 18.1 Å². The maximum Gasteiger partial charge on any atom is 0.307 e. The van der Waals surface area contributed by atoms with Gasteiger partial charge in [-0.05, 0) is 60.7 Å². The number of hydrogen-bond donors (Lipinski definition) is 0. The normalized spacial score (nSPS) is 15.1. The second kappa shape index (κ2) is 9.73. The predicted octanol–water partition coefficient (Wildman–Crippen LogP) is 3.39. The summed E-state index contributed by atoms with van der Waals surface area (Å²) in [6.07, 6.45) is 0.691. The number of amides is 1. The van der Waals surface area contributed by atoms with Crippen molar-refractivity contribution in [1.82, 2.24) is 4.90 Å². The van der Waals surface area contributed by atoms with Gasteiger partial charge in [-0.3, -0.25) is 9.59 Å². The van der Waals surface area contributed by atoms with Crippen molar-refractivity contribution in [3.05, 3.63) is 52.6 Å². The molecular weight excluding hydrogens is 398 g/mol. The lowest BCUT2D eigenvalue weighted by Crippen LogP contribution is -2.43. The number of carbonyl (C=O) groups is 2. The van der Waals surface area contributed by atoms with Crippen molar-refractivity contribution < 1.29 is 28.5 Å². The minimum Gasteiger partial charge on any atom is -0.493 e. The molecule has 0 saturated carbocycles. The first-order valence-corrected chi connectivity index (χ1v) is 10.2. The fourth-order valence-electron chi connectivity index (χ4n) is 3.87. The van der Waals surface area contributed by atoms with Gasteiger partial charge in [0.05, 0.1) is 33.8 Å². The summed E-state index contributed by atoms with van der Waals surface area (Å²) in [5, 5.41) is 0. The van der Waals surface area contributed by atoms with Crippen LogP contribution < -0.4 is 14.2 Å². The minimum atomic E-state index is -0.467. The van der Waals surface area contributed by atoms with E-state index in [1.165, 1.54) is 7.11 Å². The number of esters is 1. The Hall–Kier alpha value is -3.22. The van der Waals surface area contributed by atoms with Gasteiger partial charge in [-0.15, -0.1) is 0 Å². The molecule has 0 radical (unpaired) electrons. The average Bonchev–Trinajstić information content (AvgIpc) is 2.78. The van der Waals surface area contributed by atoms with Crippen LogP contribution >= 0.6 is 0 Å². The van der Waals surface area contributed by atoms with Gasteiger partial charge < -0.3 is 23.8 Å². The topological polar surface area (TPSA) is 74.3 Å². The number of carbonyl (C=O) groups excluding carboxylic acids is 2. The third kappa shape index (κ3) is 4.93.